The first-order chi connectivity index (χ1) is 9.10. The summed E-state index contributed by atoms with van der Waals surface area (Å²) in [6.45, 7) is 5.57. The average molecular weight is 263 g/mol. The Labute approximate surface area is 113 Å². The van der Waals surface area contributed by atoms with Gasteiger partial charge in [0.15, 0.2) is 0 Å². The van der Waals surface area contributed by atoms with Crippen molar-refractivity contribution in [3.8, 4) is 0 Å². The number of piperidine rings is 1. The molecule has 0 unspecified atom stereocenters. The van der Waals surface area contributed by atoms with Crippen LogP contribution in [-0.2, 0) is 11.2 Å². The van der Waals surface area contributed by atoms with E-state index >= 15 is 0 Å². The molecule has 0 amide bonds. The largest absolute Gasteiger partial charge is 0.481 e. The second-order valence-electron chi connectivity index (χ2n) is 5.11. The van der Waals surface area contributed by atoms with Crippen molar-refractivity contribution in [2.45, 2.75) is 39.5 Å². The van der Waals surface area contributed by atoms with Gasteiger partial charge in [0, 0.05) is 24.8 Å². The number of aromatic nitrogens is 2. The highest BCUT2D eigenvalue weighted by atomic mass is 16.4. The third-order valence-corrected chi connectivity index (χ3v) is 3.55. The molecule has 5 heteroatoms. The standard InChI is InChI=1S/C14H21N3O2/c1-3-4-12-9-13(16-10(2)15-12)17-7-5-11(6-8-17)14(18)19/h9,11H,3-8H2,1-2H3,(H,18,19). The summed E-state index contributed by atoms with van der Waals surface area (Å²) in [5, 5.41) is 9.01. The lowest BCUT2D eigenvalue weighted by Gasteiger charge is -2.31. The molecule has 1 aliphatic heterocycles. The zero-order valence-electron chi connectivity index (χ0n) is 11.6. The van der Waals surface area contributed by atoms with E-state index in [1.807, 2.05) is 13.0 Å². The molecule has 19 heavy (non-hydrogen) atoms. The van der Waals surface area contributed by atoms with Crippen molar-refractivity contribution in [3.63, 3.8) is 0 Å². The molecule has 0 radical (unpaired) electrons. The molecule has 0 saturated carbocycles. The van der Waals surface area contributed by atoms with E-state index in [4.69, 9.17) is 5.11 Å². The summed E-state index contributed by atoms with van der Waals surface area (Å²) in [5.74, 6) is 0.862. The molecule has 1 aliphatic rings. The minimum absolute atomic E-state index is 0.200. The third kappa shape index (κ3) is 3.43. The smallest absolute Gasteiger partial charge is 0.306 e. The molecule has 1 saturated heterocycles. The Balaban J connectivity index is 2.08. The molecular weight excluding hydrogens is 242 g/mol. The quantitative estimate of drug-likeness (QED) is 0.900. The zero-order valence-corrected chi connectivity index (χ0v) is 11.6. The number of aryl methyl sites for hydroxylation is 2. The van der Waals surface area contributed by atoms with Crippen LogP contribution in [0, 0.1) is 12.8 Å². The highest BCUT2D eigenvalue weighted by molar-refractivity contribution is 5.70. The van der Waals surface area contributed by atoms with Crippen molar-refractivity contribution >= 4 is 11.8 Å². The van der Waals surface area contributed by atoms with E-state index < -0.39 is 5.97 Å². The molecule has 0 aliphatic carbocycles. The van der Waals surface area contributed by atoms with Gasteiger partial charge < -0.3 is 10.0 Å². The summed E-state index contributed by atoms with van der Waals surface area (Å²) >= 11 is 0. The minimum Gasteiger partial charge on any atom is -0.481 e. The second-order valence-corrected chi connectivity index (χ2v) is 5.11. The van der Waals surface area contributed by atoms with E-state index in [1.165, 1.54) is 0 Å². The first-order valence-corrected chi connectivity index (χ1v) is 6.92. The molecule has 1 aromatic heterocycles. The van der Waals surface area contributed by atoms with Crippen LogP contribution >= 0.6 is 0 Å². The number of hydrogen-bond donors (Lipinski definition) is 1. The first kappa shape index (κ1) is 13.8. The monoisotopic (exact) mass is 263 g/mol. The molecule has 0 atom stereocenters. The average Bonchev–Trinajstić information content (AvgIpc) is 2.38. The third-order valence-electron chi connectivity index (χ3n) is 3.55. The number of carboxylic acids is 1. The highest BCUT2D eigenvalue weighted by Gasteiger charge is 2.25. The van der Waals surface area contributed by atoms with E-state index in [0.717, 1.165) is 43.3 Å². The van der Waals surface area contributed by atoms with Crippen LogP contribution < -0.4 is 4.90 Å². The zero-order chi connectivity index (χ0) is 13.8. The lowest BCUT2D eigenvalue weighted by Crippen LogP contribution is -2.37. The van der Waals surface area contributed by atoms with E-state index in [2.05, 4.69) is 21.8 Å². The maximum Gasteiger partial charge on any atom is 0.306 e. The Hall–Kier alpha value is -1.65. The van der Waals surface area contributed by atoms with Crippen LogP contribution in [0.25, 0.3) is 0 Å². The van der Waals surface area contributed by atoms with Crippen molar-refractivity contribution in [2.24, 2.45) is 5.92 Å². The van der Waals surface area contributed by atoms with E-state index in [-0.39, 0.29) is 5.92 Å². The summed E-state index contributed by atoms with van der Waals surface area (Å²) in [5.41, 5.74) is 1.07. The molecule has 5 nitrogen and oxygen atoms in total. The van der Waals surface area contributed by atoms with Gasteiger partial charge in [-0.2, -0.15) is 0 Å². The van der Waals surface area contributed by atoms with Crippen LogP contribution in [0.3, 0.4) is 0 Å². The molecule has 1 N–H and O–H groups in total. The second kappa shape index (κ2) is 5.99. The van der Waals surface area contributed by atoms with Gasteiger partial charge in [0.2, 0.25) is 0 Å². The Morgan fingerprint density at radius 3 is 2.68 bits per heavy atom. The van der Waals surface area contributed by atoms with Gasteiger partial charge in [0.1, 0.15) is 11.6 Å². The molecule has 2 heterocycles. The summed E-state index contributed by atoms with van der Waals surface area (Å²) in [7, 11) is 0. The normalized spacial score (nSPS) is 16.6. The molecule has 0 bridgehead atoms. The van der Waals surface area contributed by atoms with Gasteiger partial charge in [-0.15, -0.1) is 0 Å². The van der Waals surface area contributed by atoms with Crippen LogP contribution in [0.15, 0.2) is 6.07 Å². The fraction of sp³-hybridized carbons (Fsp3) is 0.643. The molecule has 1 aromatic rings. The van der Waals surface area contributed by atoms with Crippen LogP contribution in [-0.4, -0.2) is 34.1 Å². The molecule has 2 rings (SSSR count). The van der Waals surface area contributed by atoms with Crippen LogP contribution in [0.2, 0.25) is 0 Å². The predicted molar refractivity (Wildman–Crippen MR) is 73.3 cm³/mol. The lowest BCUT2D eigenvalue weighted by molar-refractivity contribution is -0.142. The Kier molecular flexibility index (Phi) is 4.35. The number of hydrogen-bond acceptors (Lipinski definition) is 4. The summed E-state index contributed by atoms with van der Waals surface area (Å²) in [6, 6.07) is 2.04. The first-order valence-electron chi connectivity index (χ1n) is 6.92. The number of anilines is 1. The Bertz CT molecular complexity index is 454. The van der Waals surface area contributed by atoms with Gasteiger partial charge in [-0.3, -0.25) is 4.79 Å². The van der Waals surface area contributed by atoms with Gasteiger partial charge in [0.05, 0.1) is 5.92 Å². The van der Waals surface area contributed by atoms with Crippen molar-refractivity contribution in [1.29, 1.82) is 0 Å². The number of rotatable bonds is 4. The number of carbonyl (C=O) groups is 1. The highest BCUT2D eigenvalue weighted by Crippen LogP contribution is 2.22. The van der Waals surface area contributed by atoms with E-state index in [9.17, 15) is 4.79 Å². The van der Waals surface area contributed by atoms with Crippen LogP contribution in [0.5, 0.6) is 0 Å². The van der Waals surface area contributed by atoms with Crippen molar-refractivity contribution in [1.82, 2.24) is 9.97 Å². The molecule has 0 aromatic carbocycles. The molecular formula is C14H21N3O2. The van der Waals surface area contributed by atoms with Crippen molar-refractivity contribution < 1.29 is 9.90 Å². The van der Waals surface area contributed by atoms with Gasteiger partial charge in [-0.05, 0) is 26.2 Å². The maximum atomic E-state index is 10.9. The van der Waals surface area contributed by atoms with Gasteiger partial charge in [-0.1, -0.05) is 13.3 Å². The maximum absolute atomic E-state index is 10.9. The molecule has 104 valence electrons. The van der Waals surface area contributed by atoms with E-state index in [1.54, 1.807) is 0 Å². The summed E-state index contributed by atoms with van der Waals surface area (Å²) in [6.07, 6.45) is 3.42. The van der Waals surface area contributed by atoms with Crippen molar-refractivity contribution in [3.05, 3.63) is 17.6 Å². The summed E-state index contributed by atoms with van der Waals surface area (Å²) < 4.78 is 0. The summed E-state index contributed by atoms with van der Waals surface area (Å²) in [4.78, 5) is 22.0. The Morgan fingerprint density at radius 1 is 1.42 bits per heavy atom. The fourth-order valence-electron chi connectivity index (χ4n) is 2.51. The number of carboxylic acid groups (broad SMARTS) is 1. The Morgan fingerprint density at radius 2 is 2.11 bits per heavy atom. The van der Waals surface area contributed by atoms with Crippen molar-refractivity contribution in [2.75, 3.05) is 18.0 Å². The lowest BCUT2D eigenvalue weighted by atomic mass is 9.97. The van der Waals surface area contributed by atoms with E-state index in [0.29, 0.717) is 12.8 Å². The fourth-order valence-corrected chi connectivity index (χ4v) is 2.51. The van der Waals surface area contributed by atoms with Gasteiger partial charge in [0.25, 0.3) is 0 Å². The minimum atomic E-state index is -0.676. The van der Waals surface area contributed by atoms with Crippen LogP contribution in [0.4, 0.5) is 5.82 Å². The topological polar surface area (TPSA) is 66.3 Å². The molecule has 0 spiro atoms. The SMILES string of the molecule is CCCc1cc(N2CCC(C(=O)O)CC2)nc(C)n1. The van der Waals surface area contributed by atoms with Gasteiger partial charge >= 0.3 is 5.97 Å². The number of nitrogens with zero attached hydrogens (tertiary/aromatic N) is 3. The molecule has 1 fully saturated rings. The van der Waals surface area contributed by atoms with Gasteiger partial charge in [-0.25, -0.2) is 9.97 Å². The number of aliphatic carboxylic acids is 1. The van der Waals surface area contributed by atoms with Crippen LogP contribution in [0.1, 0.15) is 37.7 Å². The predicted octanol–water partition coefficient (Wildman–Crippen LogP) is 2.04.